The molecule has 0 heterocycles. The number of benzene rings is 4. The molecule has 29 heavy (non-hydrogen) atoms. The fourth-order valence-corrected chi connectivity index (χ4v) is 19.2. The van der Waals surface area contributed by atoms with E-state index in [1.54, 1.807) is 13.1 Å². The van der Waals surface area contributed by atoms with E-state index in [4.69, 9.17) is 0 Å². The summed E-state index contributed by atoms with van der Waals surface area (Å²) < 4.78 is 6.22. The molecular formula is C28H28Zr. The molecule has 4 rings (SSSR count). The van der Waals surface area contributed by atoms with Crippen molar-refractivity contribution >= 4 is 13.1 Å². The van der Waals surface area contributed by atoms with Gasteiger partial charge in [0.25, 0.3) is 0 Å². The minimum absolute atomic E-state index is 1.40. The Morgan fingerprint density at radius 3 is 0.759 bits per heavy atom. The summed E-state index contributed by atoms with van der Waals surface area (Å²) in [5, 5.41) is 0. The second-order valence-corrected chi connectivity index (χ2v) is 17.0. The molecule has 0 amide bonds. The standard InChI is InChI=1S/4C7H7.Zr/c4*1-7-5-3-2-4-6-7;/h4*2-5H,1H3;. The first kappa shape index (κ1) is 20.1. The van der Waals surface area contributed by atoms with Crippen LogP contribution >= 0.6 is 0 Å². The molecule has 0 saturated heterocycles. The van der Waals surface area contributed by atoms with Crippen molar-refractivity contribution in [3.8, 4) is 0 Å². The van der Waals surface area contributed by atoms with Crippen molar-refractivity contribution in [3.63, 3.8) is 0 Å². The number of rotatable bonds is 4. The Balaban J connectivity index is 2.28. The van der Waals surface area contributed by atoms with E-state index >= 15 is 0 Å². The van der Waals surface area contributed by atoms with Crippen LogP contribution in [0.5, 0.6) is 0 Å². The van der Waals surface area contributed by atoms with Gasteiger partial charge in [-0.15, -0.1) is 0 Å². The summed E-state index contributed by atoms with van der Waals surface area (Å²) in [6, 6.07) is 36.3. The molecule has 0 N–H and O–H groups in total. The zero-order valence-corrected chi connectivity index (χ0v) is 20.2. The van der Waals surface area contributed by atoms with E-state index in [1.165, 1.54) is 22.3 Å². The van der Waals surface area contributed by atoms with E-state index in [1.807, 2.05) is 0 Å². The van der Waals surface area contributed by atoms with Crippen molar-refractivity contribution in [2.75, 3.05) is 0 Å². The molecule has 0 unspecified atom stereocenters. The van der Waals surface area contributed by atoms with Crippen molar-refractivity contribution in [2.24, 2.45) is 0 Å². The van der Waals surface area contributed by atoms with Gasteiger partial charge in [-0.05, 0) is 0 Å². The Labute approximate surface area is 179 Å². The van der Waals surface area contributed by atoms with Crippen LogP contribution in [0.1, 0.15) is 22.3 Å². The third kappa shape index (κ3) is 3.36. The predicted molar refractivity (Wildman–Crippen MR) is 123 cm³/mol. The first-order valence-corrected chi connectivity index (χ1v) is 15.2. The van der Waals surface area contributed by atoms with Crippen LogP contribution in [0.4, 0.5) is 0 Å². The van der Waals surface area contributed by atoms with Gasteiger partial charge in [0.15, 0.2) is 0 Å². The van der Waals surface area contributed by atoms with Gasteiger partial charge in [0.1, 0.15) is 0 Å². The fourth-order valence-electron chi connectivity index (χ4n) is 4.85. The van der Waals surface area contributed by atoms with E-state index in [0.29, 0.717) is 0 Å². The van der Waals surface area contributed by atoms with Crippen LogP contribution in [0.3, 0.4) is 0 Å². The summed E-state index contributed by atoms with van der Waals surface area (Å²) in [5.41, 5.74) is 5.60. The van der Waals surface area contributed by atoms with Crippen LogP contribution in [-0.2, 0) is 20.3 Å². The monoisotopic (exact) mass is 454 g/mol. The summed E-state index contributed by atoms with van der Waals surface area (Å²) in [6.45, 7) is 9.15. The SMILES string of the molecule is Cc1cccc[c]1[Zr]([c]1ccccc1C)([c]1ccccc1C)[c]1ccccc1C. The Hall–Kier alpha value is -2.24. The van der Waals surface area contributed by atoms with Crippen LogP contribution in [-0.4, -0.2) is 0 Å². The normalized spacial score (nSPS) is 11.4. The predicted octanol–water partition coefficient (Wildman–Crippen LogP) is 4.68. The summed E-state index contributed by atoms with van der Waals surface area (Å²) >= 11 is -3.56. The Bertz CT molecular complexity index is 969. The van der Waals surface area contributed by atoms with Crippen LogP contribution < -0.4 is 13.1 Å². The maximum atomic E-state index is 2.40. The summed E-state index contributed by atoms with van der Waals surface area (Å²) in [5.74, 6) is 0. The molecule has 0 saturated carbocycles. The molecule has 144 valence electrons. The molecule has 0 spiro atoms. The van der Waals surface area contributed by atoms with Crippen LogP contribution in [0.25, 0.3) is 0 Å². The van der Waals surface area contributed by atoms with Gasteiger partial charge in [0.2, 0.25) is 0 Å². The Morgan fingerprint density at radius 2 is 0.552 bits per heavy atom. The third-order valence-corrected chi connectivity index (χ3v) is 19.7. The minimum atomic E-state index is -3.56. The van der Waals surface area contributed by atoms with Gasteiger partial charge < -0.3 is 0 Å². The van der Waals surface area contributed by atoms with Gasteiger partial charge in [0, 0.05) is 0 Å². The van der Waals surface area contributed by atoms with Gasteiger partial charge in [-0.3, -0.25) is 0 Å². The zero-order chi connectivity index (χ0) is 20.4. The van der Waals surface area contributed by atoms with Crippen molar-refractivity contribution in [2.45, 2.75) is 27.7 Å². The first-order chi connectivity index (χ1) is 14.1. The van der Waals surface area contributed by atoms with Crippen molar-refractivity contribution in [1.82, 2.24) is 0 Å². The number of aryl methyl sites for hydroxylation is 4. The molecule has 0 aliphatic carbocycles. The summed E-state index contributed by atoms with van der Waals surface area (Å²) in [6.07, 6.45) is 0. The average molecular weight is 456 g/mol. The fraction of sp³-hybridized carbons (Fsp3) is 0.143. The van der Waals surface area contributed by atoms with Gasteiger partial charge in [-0.1, -0.05) is 0 Å². The molecule has 1 heteroatoms. The second kappa shape index (κ2) is 8.25. The second-order valence-electron chi connectivity index (χ2n) is 8.01. The van der Waals surface area contributed by atoms with E-state index in [-0.39, 0.29) is 0 Å². The molecule has 0 nitrogen and oxygen atoms in total. The molecule has 4 aromatic carbocycles. The van der Waals surface area contributed by atoms with Crippen molar-refractivity contribution in [3.05, 3.63) is 119 Å². The quantitative estimate of drug-likeness (QED) is 0.419. The molecule has 0 fully saturated rings. The molecule has 0 atom stereocenters. The molecule has 0 aromatic heterocycles. The zero-order valence-electron chi connectivity index (χ0n) is 17.7. The molecule has 0 bridgehead atoms. The topological polar surface area (TPSA) is 0 Å². The molecule has 0 aliphatic heterocycles. The van der Waals surface area contributed by atoms with E-state index < -0.39 is 20.3 Å². The van der Waals surface area contributed by atoms with Gasteiger partial charge >= 0.3 is 180 Å². The Kier molecular flexibility index (Phi) is 5.70. The van der Waals surface area contributed by atoms with E-state index in [2.05, 4.69) is 125 Å². The Morgan fingerprint density at radius 1 is 0.345 bits per heavy atom. The average Bonchev–Trinajstić information content (AvgIpc) is 2.73. The molecule has 0 radical (unpaired) electrons. The molecule has 4 aromatic rings. The molecular weight excluding hydrogens is 428 g/mol. The summed E-state index contributed by atoms with van der Waals surface area (Å²) in [4.78, 5) is 0. The maximum absolute atomic E-state index is 3.56. The van der Waals surface area contributed by atoms with Crippen LogP contribution in [0.15, 0.2) is 97.1 Å². The van der Waals surface area contributed by atoms with Gasteiger partial charge in [-0.25, -0.2) is 0 Å². The van der Waals surface area contributed by atoms with Gasteiger partial charge in [-0.2, -0.15) is 0 Å². The molecule has 0 aliphatic rings. The number of hydrogen-bond donors (Lipinski definition) is 0. The van der Waals surface area contributed by atoms with Crippen molar-refractivity contribution in [1.29, 1.82) is 0 Å². The van der Waals surface area contributed by atoms with Gasteiger partial charge in [0.05, 0.1) is 0 Å². The van der Waals surface area contributed by atoms with Crippen LogP contribution in [0, 0.1) is 27.7 Å². The van der Waals surface area contributed by atoms with E-state index in [9.17, 15) is 0 Å². The van der Waals surface area contributed by atoms with E-state index in [0.717, 1.165) is 0 Å². The number of hydrogen-bond acceptors (Lipinski definition) is 0. The first-order valence-electron chi connectivity index (χ1n) is 10.3. The third-order valence-electron chi connectivity index (χ3n) is 6.20. The summed E-state index contributed by atoms with van der Waals surface area (Å²) in [7, 11) is 0. The van der Waals surface area contributed by atoms with Crippen molar-refractivity contribution < 1.29 is 20.3 Å². The van der Waals surface area contributed by atoms with Crippen LogP contribution in [0.2, 0.25) is 0 Å².